The van der Waals surface area contributed by atoms with Crippen molar-refractivity contribution in [3.05, 3.63) is 39.3 Å². The first-order valence-electron chi connectivity index (χ1n) is 13.5. The number of carbonyl (C=O) groups excluding carboxylic acids is 1. The van der Waals surface area contributed by atoms with Crippen LogP contribution in [-0.2, 0) is 28.4 Å². The molecule has 10 nitrogen and oxygen atoms in total. The lowest BCUT2D eigenvalue weighted by Crippen LogP contribution is -2.17. The fourth-order valence-corrected chi connectivity index (χ4v) is 3.60. The van der Waals surface area contributed by atoms with E-state index in [0.29, 0.717) is 39.6 Å². The van der Waals surface area contributed by atoms with E-state index in [9.17, 15) is 22.4 Å². The minimum atomic E-state index is -2.03. The van der Waals surface area contributed by atoms with Gasteiger partial charge in [0.2, 0.25) is 0 Å². The van der Waals surface area contributed by atoms with Gasteiger partial charge in [0.25, 0.3) is 0 Å². The maximum Gasteiger partial charge on any atom is 0.344 e. The van der Waals surface area contributed by atoms with E-state index in [1.807, 2.05) is 0 Å². The van der Waals surface area contributed by atoms with Crippen LogP contribution in [0.1, 0.15) is 55.3 Å². The number of unbranched alkanes of at least 4 members (excludes halogenated alkanes) is 6. The number of hydrogen-bond acceptors (Lipinski definition) is 9. The van der Waals surface area contributed by atoms with E-state index in [-0.39, 0.29) is 19.8 Å². The summed E-state index contributed by atoms with van der Waals surface area (Å²) in [6.07, 6.45) is 8.53. The molecule has 0 heterocycles. The summed E-state index contributed by atoms with van der Waals surface area (Å²) in [7, 11) is 0. The predicted octanol–water partition coefficient (Wildman–Crippen LogP) is 6.09. The van der Waals surface area contributed by atoms with Crippen LogP contribution in [0.2, 0.25) is 0 Å². The van der Waals surface area contributed by atoms with Crippen molar-refractivity contribution in [2.75, 3.05) is 78.4 Å². The molecule has 15 heteroatoms. The van der Waals surface area contributed by atoms with Crippen molar-refractivity contribution in [3.8, 4) is 0 Å². The molecule has 0 bridgehead atoms. The minimum Gasteiger partial charge on any atom is -0.459 e. The third-order valence-electron chi connectivity index (χ3n) is 5.48. The van der Waals surface area contributed by atoms with Gasteiger partial charge in [-0.2, -0.15) is 12.6 Å². The Bertz CT molecular complexity index is 899. The molecule has 0 fully saturated rings. The average molecular weight is 614 g/mol. The molecular formula is C26H39F4N3O7S. The zero-order valence-electron chi connectivity index (χ0n) is 23.1. The molecule has 0 aliphatic carbocycles. The van der Waals surface area contributed by atoms with E-state index in [1.54, 1.807) is 0 Å². The van der Waals surface area contributed by atoms with E-state index in [2.05, 4.69) is 27.4 Å². The number of esters is 1. The van der Waals surface area contributed by atoms with Crippen molar-refractivity contribution in [3.63, 3.8) is 0 Å². The summed E-state index contributed by atoms with van der Waals surface area (Å²) in [5.74, 6) is -8.75. The van der Waals surface area contributed by atoms with Crippen LogP contribution in [0.5, 0.6) is 0 Å². The van der Waals surface area contributed by atoms with Gasteiger partial charge in [-0.05, 0) is 24.1 Å². The van der Waals surface area contributed by atoms with Gasteiger partial charge in [-0.1, -0.05) is 37.2 Å². The number of azide groups is 1. The highest BCUT2D eigenvalue weighted by Gasteiger charge is 2.29. The van der Waals surface area contributed by atoms with E-state index < -0.39 is 47.1 Å². The number of rotatable bonds is 26. The van der Waals surface area contributed by atoms with Crippen LogP contribution in [0.4, 0.5) is 23.2 Å². The van der Waals surface area contributed by atoms with E-state index >= 15 is 0 Å². The van der Waals surface area contributed by atoms with Crippen LogP contribution in [0.3, 0.4) is 0 Å². The molecule has 0 N–H and O–H groups in total. The number of thiol groups is 1. The lowest BCUT2D eigenvalue weighted by atomic mass is 10.1. The fraction of sp³-hybridized carbons (Fsp3) is 0.731. The van der Waals surface area contributed by atoms with Crippen LogP contribution in [0, 0.1) is 23.3 Å². The van der Waals surface area contributed by atoms with Crippen LogP contribution in [-0.4, -0.2) is 84.4 Å². The summed E-state index contributed by atoms with van der Waals surface area (Å²) in [6.45, 7) is 3.10. The molecule has 0 saturated heterocycles. The van der Waals surface area contributed by atoms with Gasteiger partial charge < -0.3 is 28.4 Å². The van der Waals surface area contributed by atoms with Crippen LogP contribution < -0.4 is 0 Å². The number of halogens is 4. The summed E-state index contributed by atoms with van der Waals surface area (Å²) < 4.78 is 86.7. The second-order valence-corrected chi connectivity index (χ2v) is 9.01. The molecule has 0 saturated carbocycles. The Hall–Kier alpha value is -2.13. The van der Waals surface area contributed by atoms with Crippen LogP contribution in [0.15, 0.2) is 5.11 Å². The first-order chi connectivity index (χ1) is 20.0. The van der Waals surface area contributed by atoms with Crippen molar-refractivity contribution in [1.29, 1.82) is 0 Å². The monoisotopic (exact) mass is 613 g/mol. The molecule has 41 heavy (non-hydrogen) atoms. The first kappa shape index (κ1) is 36.9. The Morgan fingerprint density at radius 1 is 0.610 bits per heavy atom. The Labute approximate surface area is 243 Å². The number of hydrogen-bond donors (Lipinski definition) is 1. The number of benzene rings is 1. The molecule has 1 rings (SSSR count). The van der Waals surface area contributed by atoms with Crippen LogP contribution in [0.25, 0.3) is 10.4 Å². The van der Waals surface area contributed by atoms with E-state index in [0.717, 1.165) is 18.8 Å². The third-order valence-corrected chi connectivity index (χ3v) is 5.80. The zero-order chi connectivity index (χ0) is 30.1. The maximum atomic E-state index is 13.9. The molecule has 0 amide bonds. The Morgan fingerprint density at radius 2 is 1.00 bits per heavy atom. The Morgan fingerprint density at radius 3 is 1.44 bits per heavy atom. The molecule has 1 aromatic carbocycles. The van der Waals surface area contributed by atoms with Gasteiger partial charge in [0.05, 0.1) is 59.5 Å². The molecule has 0 unspecified atom stereocenters. The van der Waals surface area contributed by atoms with Crippen molar-refractivity contribution >= 4 is 24.3 Å². The van der Waals surface area contributed by atoms with Gasteiger partial charge in [0, 0.05) is 11.5 Å². The third kappa shape index (κ3) is 16.2. The molecular weight excluding hydrogens is 574 g/mol. The van der Waals surface area contributed by atoms with Crippen molar-refractivity contribution in [2.45, 2.75) is 44.9 Å². The van der Waals surface area contributed by atoms with Gasteiger partial charge in [-0.3, -0.25) is 0 Å². The topological polar surface area (TPSA) is 121 Å². The zero-order valence-corrected chi connectivity index (χ0v) is 24.0. The van der Waals surface area contributed by atoms with E-state index in [1.165, 1.54) is 38.5 Å². The first-order valence-corrected chi connectivity index (χ1v) is 14.2. The fourth-order valence-electron chi connectivity index (χ4n) is 3.38. The van der Waals surface area contributed by atoms with Gasteiger partial charge in [-0.15, -0.1) is 0 Å². The molecule has 1 aromatic rings. The number of nitrogens with zero attached hydrogens (tertiary/aromatic N) is 3. The Kier molecular flexibility index (Phi) is 22.0. The highest BCUT2D eigenvalue weighted by Crippen LogP contribution is 2.30. The SMILES string of the molecule is [N-]=[N+]=Nc1c(F)c(F)c(C(=O)OCCOCCOCCOCCOCCOCCCCCCCCCS)c(F)c1F. The summed E-state index contributed by atoms with van der Waals surface area (Å²) in [6, 6.07) is 0. The second kappa shape index (κ2) is 24.5. The van der Waals surface area contributed by atoms with E-state index in [4.69, 9.17) is 29.2 Å². The quantitative estimate of drug-likeness (QED) is 0.0196. The van der Waals surface area contributed by atoms with Crippen molar-refractivity contribution in [2.24, 2.45) is 5.11 Å². The highest BCUT2D eigenvalue weighted by molar-refractivity contribution is 7.80. The maximum absolute atomic E-state index is 13.9. The molecule has 0 radical (unpaired) electrons. The summed E-state index contributed by atoms with van der Waals surface area (Å²) in [5, 5.41) is 2.54. The summed E-state index contributed by atoms with van der Waals surface area (Å²) in [4.78, 5) is 13.9. The molecule has 0 spiro atoms. The molecule has 0 aliphatic heterocycles. The lowest BCUT2D eigenvalue weighted by molar-refractivity contribution is -0.0154. The summed E-state index contributed by atoms with van der Waals surface area (Å²) >= 11 is 4.21. The average Bonchev–Trinajstić information content (AvgIpc) is 2.96. The number of carbonyl (C=O) groups is 1. The predicted molar refractivity (Wildman–Crippen MR) is 146 cm³/mol. The molecule has 0 aromatic heterocycles. The van der Waals surface area contributed by atoms with Gasteiger partial charge >= 0.3 is 5.97 Å². The van der Waals surface area contributed by atoms with Crippen molar-refractivity contribution in [1.82, 2.24) is 0 Å². The largest absolute Gasteiger partial charge is 0.459 e. The van der Waals surface area contributed by atoms with Crippen LogP contribution >= 0.6 is 12.6 Å². The molecule has 0 aliphatic rings. The normalized spacial score (nSPS) is 11.0. The lowest BCUT2D eigenvalue weighted by Gasteiger charge is -2.10. The van der Waals surface area contributed by atoms with Gasteiger partial charge in [-0.25, -0.2) is 22.4 Å². The standard InChI is InChI=1S/C26H39F4N3O7S/c27-21-20(22(28)24(30)25(23(21)29)32-33-31)26(34)40-18-17-39-16-15-38-14-13-37-12-11-36-10-9-35-8-6-4-2-1-3-5-7-19-41/h41H,1-19H2. The highest BCUT2D eigenvalue weighted by atomic mass is 32.1. The van der Waals surface area contributed by atoms with Gasteiger partial charge in [0.15, 0.2) is 23.3 Å². The second-order valence-electron chi connectivity index (χ2n) is 8.57. The summed E-state index contributed by atoms with van der Waals surface area (Å²) in [5.41, 5.74) is 5.13. The van der Waals surface area contributed by atoms with Crippen molar-refractivity contribution < 1.29 is 50.8 Å². The van der Waals surface area contributed by atoms with Gasteiger partial charge in [0.1, 0.15) is 17.9 Å². The molecule has 234 valence electrons. The molecule has 0 atom stereocenters. The minimum absolute atomic E-state index is 0.129. The Balaban J connectivity index is 1.93. The smallest absolute Gasteiger partial charge is 0.344 e. The number of ether oxygens (including phenoxy) is 6.